The average Bonchev–Trinajstić information content (AvgIpc) is 3.17. The predicted molar refractivity (Wildman–Crippen MR) is 129 cm³/mol. The van der Waals surface area contributed by atoms with Gasteiger partial charge in [-0.15, -0.1) is 0 Å². The van der Waals surface area contributed by atoms with Crippen LogP contribution in [0.1, 0.15) is 60.8 Å². The lowest BCUT2D eigenvalue weighted by Gasteiger charge is -2.34. The van der Waals surface area contributed by atoms with Crippen LogP contribution in [0.4, 0.5) is 0 Å². The van der Waals surface area contributed by atoms with E-state index in [1.54, 1.807) is 4.68 Å². The van der Waals surface area contributed by atoms with Crippen LogP contribution in [0.3, 0.4) is 0 Å². The molecule has 0 aliphatic carbocycles. The highest BCUT2D eigenvalue weighted by Crippen LogP contribution is 2.25. The van der Waals surface area contributed by atoms with E-state index in [1.807, 2.05) is 44.0 Å². The Labute approximate surface area is 201 Å². The van der Waals surface area contributed by atoms with Crippen molar-refractivity contribution in [1.29, 1.82) is 0 Å². The molecular weight excluding hydrogens is 432 g/mol. The number of esters is 1. The summed E-state index contributed by atoms with van der Waals surface area (Å²) in [6, 6.07) is 9.83. The van der Waals surface area contributed by atoms with E-state index in [-0.39, 0.29) is 24.0 Å². The average molecular weight is 469 g/mol. The molecule has 1 aromatic heterocycles. The van der Waals surface area contributed by atoms with Crippen LogP contribution in [-0.2, 0) is 23.1 Å². The molecule has 3 heterocycles. The van der Waals surface area contributed by atoms with E-state index < -0.39 is 0 Å². The van der Waals surface area contributed by atoms with Crippen molar-refractivity contribution in [1.82, 2.24) is 19.6 Å². The Bertz CT molecular complexity index is 996. The van der Waals surface area contributed by atoms with Gasteiger partial charge in [0.25, 0.3) is 5.91 Å². The van der Waals surface area contributed by atoms with Crippen LogP contribution in [0.5, 0.6) is 5.75 Å². The molecule has 2 aromatic rings. The minimum absolute atomic E-state index is 0.0289. The monoisotopic (exact) mass is 468 g/mol. The predicted octanol–water partition coefficient (Wildman–Crippen LogP) is 3.33. The number of aryl methyl sites for hydroxylation is 2. The van der Waals surface area contributed by atoms with E-state index in [9.17, 15) is 9.59 Å². The zero-order chi connectivity index (χ0) is 24.1. The zero-order valence-electron chi connectivity index (χ0n) is 20.5. The van der Waals surface area contributed by atoms with Gasteiger partial charge < -0.3 is 14.4 Å². The van der Waals surface area contributed by atoms with Crippen LogP contribution in [0.15, 0.2) is 30.3 Å². The second-order valence-corrected chi connectivity index (χ2v) is 9.29. The van der Waals surface area contributed by atoms with Crippen LogP contribution in [-0.4, -0.2) is 69.8 Å². The molecule has 0 bridgehead atoms. The summed E-state index contributed by atoms with van der Waals surface area (Å²) < 4.78 is 13.2. The molecule has 0 unspecified atom stereocenters. The summed E-state index contributed by atoms with van der Waals surface area (Å²) in [5, 5.41) is 4.29. The molecule has 2 aliphatic rings. The fraction of sp³-hybridized carbons (Fsp3) is 0.577. The quantitative estimate of drug-likeness (QED) is 0.580. The lowest BCUT2D eigenvalue weighted by molar-refractivity contribution is -0.151. The number of amides is 1. The summed E-state index contributed by atoms with van der Waals surface area (Å²) in [4.78, 5) is 29.3. The van der Waals surface area contributed by atoms with Gasteiger partial charge in [0, 0.05) is 39.5 Å². The highest BCUT2D eigenvalue weighted by Gasteiger charge is 2.30. The molecule has 8 heteroatoms. The molecule has 184 valence electrons. The van der Waals surface area contributed by atoms with Crippen LogP contribution < -0.4 is 4.74 Å². The number of carbonyl (C=O) groups is 2. The van der Waals surface area contributed by atoms with Crippen molar-refractivity contribution >= 4 is 11.9 Å². The minimum Gasteiger partial charge on any atom is -0.490 e. The highest BCUT2D eigenvalue weighted by molar-refractivity contribution is 5.92. The summed E-state index contributed by atoms with van der Waals surface area (Å²) in [5.74, 6) is 0.757. The fourth-order valence-corrected chi connectivity index (χ4v) is 4.98. The first-order chi connectivity index (χ1) is 16.4. The van der Waals surface area contributed by atoms with E-state index in [0.717, 1.165) is 55.7 Å². The summed E-state index contributed by atoms with van der Waals surface area (Å²) in [7, 11) is 1.81. The van der Waals surface area contributed by atoms with Crippen molar-refractivity contribution in [3.8, 4) is 5.75 Å². The first-order valence-electron chi connectivity index (χ1n) is 12.4. The number of benzene rings is 1. The molecule has 1 aromatic carbocycles. The van der Waals surface area contributed by atoms with Crippen molar-refractivity contribution in [3.05, 3.63) is 47.3 Å². The molecule has 0 radical (unpaired) electrons. The van der Waals surface area contributed by atoms with Gasteiger partial charge in [0.1, 0.15) is 23.6 Å². The van der Waals surface area contributed by atoms with Crippen LogP contribution in [0.25, 0.3) is 0 Å². The summed E-state index contributed by atoms with van der Waals surface area (Å²) in [5.41, 5.74) is 2.61. The number of likely N-dealkylation sites (tertiary alicyclic amines) is 2. The maximum Gasteiger partial charge on any atom is 0.323 e. The smallest absolute Gasteiger partial charge is 0.323 e. The van der Waals surface area contributed by atoms with E-state index in [1.165, 1.54) is 0 Å². The van der Waals surface area contributed by atoms with Crippen molar-refractivity contribution in [2.75, 3.05) is 26.2 Å². The summed E-state index contributed by atoms with van der Waals surface area (Å²) >= 11 is 0. The molecule has 34 heavy (non-hydrogen) atoms. The third-order valence-corrected chi connectivity index (χ3v) is 6.71. The topological polar surface area (TPSA) is 76.9 Å². The normalized spacial score (nSPS) is 19.7. The summed E-state index contributed by atoms with van der Waals surface area (Å²) in [6.45, 7) is 7.11. The van der Waals surface area contributed by atoms with Crippen LogP contribution in [0, 0.1) is 6.92 Å². The molecular formula is C26H36N4O4. The number of hydrogen-bond acceptors (Lipinski definition) is 6. The van der Waals surface area contributed by atoms with E-state index in [2.05, 4.69) is 22.1 Å². The Morgan fingerprint density at radius 1 is 1.09 bits per heavy atom. The van der Waals surface area contributed by atoms with Gasteiger partial charge in [-0.3, -0.25) is 19.2 Å². The molecule has 1 amide bonds. The van der Waals surface area contributed by atoms with E-state index in [0.29, 0.717) is 31.9 Å². The van der Waals surface area contributed by atoms with Crippen molar-refractivity contribution in [2.45, 2.75) is 64.6 Å². The van der Waals surface area contributed by atoms with Crippen LogP contribution in [0.2, 0.25) is 0 Å². The Morgan fingerprint density at radius 2 is 1.88 bits per heavy atom. The van der Waals surface area contributed by atoms with Gasteiger partial charge >= 0.3 is 5.97 Å². The molecule has 0 N–H and O–H groups in total. The molecule has 0 spiro atoms. The standard InChI is InChI=1S/C26H36N4O4/c1-4-33-26(32)23-10-5-6-13-30(23)18-20-8-7-9-22(17-20)34-21-11-14-29(15-12-21)25(31)24-16-19(2)27-28(24)3/h7-9,16-17,21,23H,4-6,10-15,18H2,1-3H3/t23-/m0/s1. The van der Waals surface area contributed by atoms with Crippen molar-refractivity contribution < 1.29 is 19.1 Å². The van der Waals surface area contributed by atoms with Gasteiger partial charge in [0.05, 0.1) is 12.3 Å². The number of hydrogen-bond donors (Lipinski definition) is 0. The SMILES string of the molecule is CCOC(=O)[C@@H]1CCCCN1Cc1cccc(OC2CCN(C(=O)c3cc(C)nn3C)CC2)c1. The lowest BCUT2D eigenvalue weighted by atomic mass is 10.0. The van der Waals surface area contributed by atoms with Gasteiger partial charge in [-0.2, -0.15) is 5.10 Å². The first kappa shape index (κ1) is 24.3. The fourth-order valence-electron chi connectivity index (χ4n) is 4.98. The maximum atomic E-state index is 12.8. The number of aromatic nitrogens is 2. The maximum absolute atomic E-state index is 12.8. The van der Waals surface area contributed by atoms with Gasteiger partial charge in [-0.1, -0.05) is 18.6 Å². The number of rotatable bonds is 7. The van der Waals surface area contributed by atoms with Crippen molar-refractivity contribution in [2.24, 2.45) is 7.05 Å². The molecule has 0 saturated carbocycles. The third-order valence-electron chi connectivity index (χ3n) is 6.71. The second kappa shape index (κ2) is 11.0. The van der Waals surface area contributed by atoms with E-state index >= 15 is 0 Å². The third kappa shape index (κ3) is 5.78. The molecule has 8 nitrogen and oxygen atoms in total. The summed E-state index contributed by atoms with van der Waals surface area (Å²) in [6.07, 6.45) is 4.68. The Morgan fingerprint density at radius 3 is 2.59 bits per heavy atom. The van der Waals surface area contributed by atoms with Crippen molar-refractivity contribution in [3.63, 3.8) is 0 Å². The van der Waals surface area contributed by atoms with Crippen LogP contribution >= 0.6 is 0 Å². The molecule has 2 saturated heterocycles. The molecule has 4 rings (SSSR count). The lowest BCUT2D eigenvalue weighted by Crippen LogP contribution is -2.44. The van der Waals surface area contributed by atoms with Gasteiger partial charge in [0.15, 0.2) is 0 Å². The van der Waals surface area contributed by atoms with Gasteiger partial charge in [-0.25, -0.2) is 0 Å². The minimum atomic E-state index is -0.164. The number of ether oxygens (including phenoxy) is 2. The Kier molecular flexibility index (Phi) is 7.88. The second-order valence-electron chi connectivity index (χ2n) is 9.29. The van der Waals surface area contributed by atoms with Gasteiger partial charge in [0.2, 0.25) is 0 Å². The largest absolute Gasteiger partial charge is 0.490 e. The highest BCUT2D eigenvalue weighted by atomic mass is 16.5. The van der Waals surface area contributed by atoms with Gasteiger partial charge in [-0.05, 0) is 57.0 Å². The van der Waals surface area contributed by atoms with E-state index in [4.69, 9.17) is 9.47 Å². The number of carbonyl (C=O) groups excluding carboxylic acids is 2. The Balaban J connectivity index is 1.32. The number of nitrogens with zero attached hydrogens (tertiary/aromatic N) is 4. The molecule has 1 atom stereocenters. The Hall–Kier alpha value is -2.87. The zero-order valence-corrected chi connectivity index (χ0v) is 20.5. The molecule has 2 fully saturated rings. The first-order valence-corrected chi connectivity index (χ1v) is 12.4. The molecule has 2 aliphatic heterocycles. The number of piperidine rings is 2.